The number of hydrogen-bond acceptors (Lipinski definition) is 4. The molecule has 0 aliphatic heterocycles. The minimum Gasteiger partial charge on any atom is -0.386 e. The van der Waals surface area contributed by atoms with Gasteiger partial charge in [0.2, 0.25) is 0 Å². The van der Waals surface area contributed by atoms with Crippen LogP contribution < -0.4 is 13.6 Å². The van der Waals surface area contributed by atoms with E-state index in [2.05, 4.69) is 20.8 Å². The second-order valence-electron chi connectivity index (χ2n) is 9.30. The van der Waals surface area contributed by atoms with Gasteiger partial charge >= 0.3 is 7.82 Å². The van der Waals surface area contributed by atoms with E-state index in [0.29, 0.717) is 17.2 Å². The first-order valence-electron chi connectivity index (χ1n) is 11.0. The summed E-state index contributed by atoms with van der Waals surface area (Å²) in [6, 6.07) is 26.5. The van der Waals surface area contributed by atoms with Crippen molar-refractivity contribution in [2.45, 2.75) is 40.0 Å². The Bertz CT molecular complexity index is 1290. The summed E-state index contributed by atoms with van der Waals surface area (Å²) in [6.45, 7) is 10.3. The Labute approximate surface area is 195 Å². The molecule has 170 valence electrons. The highest BCUT2D eigenvalue weighted by Crippen LogP contribution is 2.51. The summed E-state index contributed by atoms with van der Waals surface area (Å²) in [4.78, 5) is 0. The molecule has 0 bridgehead atoms. The molecule has 1 atom stereocenters. The van der Waals surface area contributed by atoms with Gasteiger partial charge in [0.1, 0.15) is 17.2 Å². The summed E-state index contributed by atoms with van der Waals surface area (Å²) in [5.74, 6) is 1.28. The molecular formula is C28H29O4P. The molecule has 0 N–H and O–H groups in total. The normalized spacial score (nSPS) is 13.4. The Morgan fingerprint density at radius 1 is 0.667 bits per heavy atom. The Morgan fingerprint density at radius 2 is 1.27 bits per heavy atom. The highest BCUT2D eigenvalue weighted by molar-refractivity contribution is 7.49. The molecule has 1 unspecified atom stereocenters. The Hall–Kier alpha value is -3.23. The third-order valence-corrected chi connectivity index (χ3v) is 6.60. The zero-order chi connectivity index (χ0) is 23.6. The fourth-order valence-electron chi connectivity index (χ4n) is 3.71. The van der Waals surface area contributed by atoms with Crippen LogP contribution in [0.15, 0.2) is 84.9 Å². The molecule has 0 fully saturated rings. The van der Waals surface area contributed by atoms with Gasteiger partial charge in [0.15, 0.2) is 0 Å². The van der Waals surface area contributed by atoms with Crippen molar-refractivity contribution in [3.05, 3.63) is 102 Å². The maximum atomic E-state index is 14.0. The van der Waals surface area contributed by atoms with Gasteiger partial charge in [-0.15, -0.1) is 0 Å². The Kier molecular flexibility index (Phi) is 6.23. The van der Waals surface area contributed by atoms with Crippen LogP contribution in [-0.2, 0) is 9.98 Å². The van der Waals surface area contributed by atoms with E-state index < -0.39 is 7.82 Å². The van der Waals surface area contributed by atoms with Crippen LogP contribution in [0.3, 0.4) is 0 Å². The molecule has 0 amide bonds. The van der Waals surface area contributed by atoms with Gasteiger partial charge in [0, 0.05) is 5.39 Å². The average molecular weight is 461 g/mol. The third-order valence-electron chi connectivity index (χ3n) is 5.31. The van der Waals surface area contributed by atoms with Crippen molar-refractivity contribution < 1.29 is 18.1 Å². The maximum absolute atomic E-state index is 14.0. The lowest BCUT2D eigenvalue weighted by Gasteiger charge is -2.22. The third kappa shape index (κ3) is 5.58. The zero-order valence-electron chi connectivity index (χ0n) is 19.7. The summed E-state index contributed by atoms with van der Waals surface area (Å²) >= 11 is 0. The van der Waals surface area contributed by atoms with E-state index in [1.807, 2.05) is 80.6 Å². The fraction of sp³-hybridized carbons (Fsp3) is 0.214. The van der Waals surface area contributed by atoms with Crippen LogP contribution in [0.4, 0.5) is 0 Å². The summed E-state index contributed by atoms with van der Waals surface area (Å²) in [7, 11) is -4.08. The van der Waals surface area contributed by atoms with E-state index in [-0.39, 0.29) is 5.41 Å². The summed E-state index contributed by atoms with van der Waals surface area (Å²) in [5.41, 5.74) is 3.14. The number of phosphoric acid groups is 1. The number of hydrogen-bond donors (Lipinski definition) is 0. The summed E-state index contributed by atoms with van der Waals surface area (Å²) < 4.78 is 31.9. The Morgan fingerprint density at radius 3 is 1.94 bits per heavy atom. The van der Waals surface area contributed by atoms with E-state index in [1.54, 1.807) is 18.2 Å². The molecule has 0 spiro atoms. The molecule has 0 aliphatic carbocycles. The molecule has 33 heavy (non-hydrogen) atoms. The van der Waals surface area contributed by atoms with Gasteiger partial charge in [-0.1, -0.05) is 75.4 Å². The topological polar surface area (TPSA) is 44.8 Å². The van der Waals surface area contributed by atoms with Crippen molar-refractivity contribution in [1.29, 1.82) is 0 Å². The molecule has 4 aromatic carbocycles. The van der Waals surface area contributed by atoms with Gasteiger partial charge in [-0.3, -0.25) is 0 Å². The smallest absolute Gasteiger partial charge is 0.386 e. The molecule has 5 heteroatoms. The van der Waals surface area contributed by atoms with Gasteiger partial charge in [-0.05, 0) is 71.7 Å². The lowest BCUT2D eigenvalue weighted by atomic mass is 9.87. The summed E-state index contributed by atoms with van der Waals surface area (Å²) in [6.07, 6.45) is 0. The molecule has 0 saturated carbocycles. The van der Waals surface area contributed by atoms with E-state index in [4.69, 9.17) is 13.6 Å². The highest BCUT2D eigenvalue weighted by atomic mass is 31.2. The van der Waals surface area contributed by atoms with Crippen LogP contribution in [0.1, 0.15) is 37.5 Å². The first kappa shape index (κ1) is 22.9. The number of phosphoric ester groups is 1. The maximum Gasteiger partial charge on any atom is 0.647 e. The van der Waals surface area contributed by atoms with Crippen molar-refractivity contribution >= 4 is 18.6 Å². The average Bonchev–Trinajstić information content (AvgIpc) is 2.73. The lowest BCUT2D eigenvalue weighted by molar-refractivity contribution is 0.299. The number of benzene rings is 4. The number of rotatable bonds is 6. The monoisotopic (exact) mass is 460 g/mol. The molecule has 4 rings (SSSR count). The molecule has 0 radical (unpaired) electrons. The van der Waals surface area contributed by atoms with Crippen molar-refractivity contribution in [2.75, 3.05) is 0 Å². The van der Waals surface area contributed by atoms with E-state index >= 15 is 0 Å². The molecule has 0 aliphatic rings. The van der Waals surface area contributed by atoms with Crippen molar-refractivity contribution in [3.8, 4) is 17.2 Å². The van der Waals surface area contributed by atoms with Gasteiger partial charge < -0.3 is 13.6 Å². The summed E-state index contributed by atoms with van der Waals surface area (Å²) in [5, 5.41) is 1.80. The fourth-order valence-corrected chi connectivity index (χ4v) is 4.97. The molecule has 4 aromatic rings. The zero-order valence-corrected chi connectivity index (χ0v) is 20.6. The van der Waals surface area contributed by atoms with Crippen molar-refractivity contribution in [1.82, 2.24) is 0 Å². The molecule has 0 saturated heterocycles. The number of fused-ring (bicyclic) bond motifs is 1. The second kappa shape index (κ2) is 8.96. The number of aryl methyl sites for hydroxylation is 2. The van der Waals surface area contributed by atoms with Crippen LogP contribution in [0, 0.1) is 13.8 Å². The first-order chi connectivity index (χ1) is 15.6. The first-order valence-corrected chi connectivity index (χ1v) is 12.4. The minimum atomic E-state index is -4.08. The Balaban J connectivity index is 1.72. The molecule has 4 nitrogen and oxygen atoms in total. The van der Waals surface area contributed by atoms with Crippen LogP contribution in [0.5, 0.6) is 17.2 Å². The van der Waals surface area contributed by atoms with E-state index in [0.717, 1.165) is 27.5 Å². The van der Waals surface area contributed by atoms with Crippen LogP contribution >= 0.6 is 7.82 Å². The van der Waals surface area contributed by atoms with Crippen LogP contribution in [0.2, 0.25) is 0 Å². The van der Waals surface area contributed by atoms with Gasteiger partial charge in [-0.2, -0.15) is 4.57 Å². The van der Waals surface area contributed by atoms with Gasteiger partial charge in [-0.25, -0.2) is 0 Å². The second-order valence-corrected chi connectivity index (χ2v) is 10.7. The SMILES string of the molecule is Cc1cc(C)cc(OP(=O)(Oc2ccc(C(C)(C)C)cc2)Oc2cccc3ccccc23)c1. The molecular weight excluding hydrogens is 431 g/mol. The van der Waals surface area contributed by atoms with Crippen molar-refractivity contribution in [2.24, 2.45) is 0 Å². The van der Waals surface area contributed by atoms with Gasteiger partial charge in [0.05, 0.1) is 0 Å². The van der Waals surface area contributed by atoms with Crippen LogP contribution in [0.25, 0.3) is 10.8 Å². The predicted molar refractivity (Wildman–Crippen MR) is 134 cm³/mol. The predicted octanol–water partition coefficient (Wildman–Crippen LogP) is 8.40. The highest BCUT2D eigenvalue weighted by Gasteiger charge is 2.34. The standard InChI is InChI=1S/C28H29O4P/c1-20-17-21(2)19-25(18-20)31-33(29,30-24-15-13-23(14-16-24)28(3,4)5)32-27-12-8-10-22-9-6-7-11-26(22)27/h6-19H,1-5H3. The van der Waals surface area contributed by atoms with Crippen LogP contribution in [-0.4, -0.2) is 0 Å². The van der Waals surface area contributed by atoms with E-state index in [9.17, 15) is 4.57 Å². The van der Waals surface area contributed by atoms with Crippen molar-refractivity contribution in [3.63, 3.8) is 0 Å². The van der Waals surface area contributed by atoms with Gasteiger partial charge in [0.25, 0.3) is 0 Å². The minimum absolute atomic E-state index is 0.00271. The molecule has 0 aromatic heterocycles. The largest absolute Gasteiger partial charge is 0.647 e. The molecule has 0 heterocycles. The van der Waals surface area contributed by atoms with E-state index in [1.165, 1.54) is 0 Å². The lowest BCUT2D eigenvalue weighted by Crippen LogP contribution is -2.11. The quantitative estimate of drug-likeness (QED) is 0.271.